The molecule has 0 bridgehead atoms. The fourth-order valence-corrected chi connectivity index (χ4v) is 2.69. The van der Waals surface area contributed by atoms with Crippen molar-refractivity contribution in [2.75, 3.05) is 34.8 Å². The van der Waals surface area contributed by atoms with Gasteiger partial charge in [0.05, 0.1) is 7.11 Å². The number of hydrogen-bond acceptors (Lipinski definition) is 3. The zero-order valence-corrected chi connectivity index (χ0v) is 17.8. The summed E-state index contributed by atoms with van der Waals surface area (Å²) in [5.74, 6) is 1.81. The van der Waals surface area contributed by atoms with Crippen molar-refractivity contribution >= 4 is 29.9 Å². The number of methoxy groups -OCH3 is 1. The fraction of sp³-hybridized carbons (Fsp3) is 0.611. The Hall–Kier alpha value is -1.02. The normalized spacial score (nSPS) is 15.7. The minimum absolute atomic E-state index is 0. The molecule has 24 heavy (non-hydrogen) atoms. The molecule has 0 radical (unpaired) electrons. The summed E-state index contributed by atoms with van der Waals surface area (Å²) in [6.45, 7) is 3.99. The molecule has 0 amide bonds. The lowest BCUT2D eigenvalue weighted by Gasteiger charge is -2.28. The molecule has 1 atom stereocenters. The van der Waals surface area contributed by atoms with Crippen molar-refractivity contribution in [3.8, 4) is 5.75 Å². The molecule has 0 aromatic heterocycles. The molecule has 0 spiro atoms. The highest BCUT2D eigenvalue weighted by molar-refractivity contribution is 14.0. The van der Waals surface area contributed by atoms with E-state index in [0.29, 0.717) is 6.04 Å². The van der Waals surface area contributed by atoms with Gasteiger partial charge in [0, 0.05) is 39.3 Å². The second-order valence-electron chi connectivity index (χ2n) is 6.38. The number of hydrogen-bond donors (Lipinski definition) is 1. The van der Waals surface area contributed by atoms with Gasteiger partial charge in [-0.2, -0.15) is 0 Å². The molecule has 1 N–H and O–H groups in total. The Morgan fingerprint density at radius 3 is 2.42 bits per heavy atom. The van der Waals surface area contributed by atoms with E-state index in [1.54, 1.807) is 7.11 Å². The van der Waals surface area contributed by atoms with E-state index in [2.05, 4.69) is 53.3 Å². The van der Waals surface area contributed by atoms with Gasteiger partial charge in [0.15, 0.2) is 5.96 Å². The number of guanidine groups is 1. The van der Waals surface area contributed by atoms with Gasteiger partial charge < -0.3 is 15.0 Å². The minimum Gasteiger partial charge on any atom is -0.497 e. The summed E-state index contributed by atoms with van der Waals surface area (Å²) in [6.07, 6.45) is 2.68. The second-order valence-corrected chi connectivity index (χ2v) is 6.38. The van der Waals surface area contributed by atoms with Crippen LogP contribution < -0.4 is 10.1 Å². The first kappa shape index (κ1) is 21.0. The molecule has 6 heteroatoms. The number of likely N-dealkylation sites (N-methyl/N-ethyl adjacent to an activating group) is 1. The number of aliphatic imine (C=N–C) groups is 1. The zero-order chi connectivity index (χ0) is 16.8. The predicted molar refractivity (Wildman–Crippen MR) is 111 cm³/mol. The van der Waals surface area contributed by atoms with Gasteiger partial charge in [-0.15, -0.1) is 24.0 Å². The highest BCUT2D eigenvalue weighted by atomic mass is 127. The van der Waals surface area contributed by atoms with Crippen molar-refractivity contribution in [1.82, 2.24) is 15.1 Å². The van der Waals surface area contributed by atoms with Crippen LogP contribution in [-0.2, 0) is 6.54 Å². The summed E-state index contributed by atoms with van der Waals surface area (Å²) >= 11 is 0. The molecule has 0 saturated heterocycles. The highest BCUT2D eigenvalue weighted by Gasteiger charge is 2.29. The van der Waals surface area contributed by atoms with Crippen LogP contribution in [0.3, 0.4) is 0 Å². The Kier molecular flexibility index (Phi) is 8.83. The molecule has 1 aliphatic rings. The third-order valence-corrected chi connectivity index (χ3v) is 4.53. The number of ether oxygens (including phenoxy) is 1. The first-order valence-corrected chi connectivity index (χ1v) is 8.31. The van der Waals surface area contributed by atoms with E-state index in [4.69, 9.17) is 4.74 Å². The van der Waals surface area contributed by atoms with Crippen LogP contribution in [-0.4, -0.2) is 62.6 Å². The van der Waals surface area contributed by atoms with Crippen molar-refractivity contribution in [3.05, 3.63) is 29.8 Å². The smallest absolute Gasteiger partial charge is 0.193 e. The van der Waals surface area contributed by atoms with E-state index in [-0.39, 0.29) is 24.0 Å². The third-order valence-electron chi connectivity index (χ3n) is 4.53. The number of nitrogens with zero attached hydrogens (tertiary/aromatic N) is 3. The van der Waals surface area contributed by atoms with Crippen LogP contribution in [0.15, 0.2) is 29.3 Å². The molecular weight excluding hydrogens is 415 g/mol. The molecule has 0 aliphatic heterocycles. The van der Waals surface area contributed by atoms with E-state index < -0.39 is 0 Å². The van der Waals surface area contributed by atoms with Gasteiger partial charge in [0.2, 0.25) is 0 Å². The van der Waals surface area contributed by atoms with Crippen LogP contribution in [0.1, 0.15) is 25.3 Å². The number of nitrogens with one attached hydrogen (secondary N) is 1. The molecule has 5 nitrogen and oxygen atoms in total. The molecule has 1 aliphatic carbocycles. The van der Waals surface area contributed by atoms with E-state index >= 15 is 0 Å². The molecule has 1 saturated carbocycles. The van der Waals surface area contributed by atoms with Gasteiger partial charge in [-0.1, -0.05) is 12.1 Å². The molecule has 1 unspecified atom stereocenters. The number of rotatable bonds is 7. The number of benzene rings is 1. The summed E-state index contributed by atoms with van der Waals surface area (Å²) in [4.78, 5) is 9.00. The topological polar surface area (TPSA) is 40.1 Å². The average Bonchev–Trinajstić information content (AvgIpc) is 3.40. The highest BCUT2D eigenvalue weighted by Crippen LogP contribution is 2.26. The summed E-state index contributed by atoms with van der Waals surface area (Å²) < 4.78 is 5.20. The summed E-state index contributed by atoms with van der Waals surface area (Å²) in [6, 6.07) is 9.45. The maximum absolute atomic E-state index is 5.20. The van der Waals surface area contributed by atoms with Crippen LogP contribution in [0.4, 0.5) is 0 Å². The molecule has 0 heterocycles. The molecule has 1 fully saturated rings. The van der Waals surface area contributed by atoms with Crippen molar-refractivity contribution in [3.63, 3.8) is 0 Å². The maximum Gasteiger partial charge on any atom is 0.193 e. The molecular formula is C18H31IN4O. The predicted octanol–water partition coefficient (Wildman–Crippen LogP) is 2.80. The van der Waals surface area contributed by atoms with Crippen LogP contribution in [0.25, 0.3) is 0 Å². The first-order valence-electron chi connectivity index (χ1n) is 8.31. The third kappa shape index (κ3) is 6.12. The minimum atomic E-state index is 0. The van der Waals surface area contributed by atoms with E-state index in [1.165, 1.54) is 18.4 Å². The van der Waals surface area contributed by atoms with Crippen molar-refractivity contribution in [2.45, 2.75) is 38.4 Å². The standard InChI is InChI=1S/C18H30N4O.HI/c1-14(22(4)16-8-9-16)12-20-18(19-2)21(3)13-15-6-10-17(23-5)11-7-15;/h6-7,10-11,14,16H,8-9,12-13H2,1-5H3,(H,19,20);1H. The first-order chi connectivity index (χ1) is 11.0. The fourth-order valence-electron chi connectivity index (χ4n) is 2.69. The lowest BCUT2D eigenvalue weighted by Crippen LogP contribution is -2.45. The Morgan fingerprint density at radius 2 is 1.92 bits per heavy atom. The summed E-state index contributed by atoms with van der Waals surface area (Å²) in [5, 5.41) is 3.48. The van der Waals surface area contributed by atoms with Gasteiger partial charge >= 0.3 is 0 Å². The molecule has 136 valence electrons. The average molecular weight is 446 g/mol. The van der Waals surface area contributed by atoms with E-state index in [9.17, 15) is 0 Å². The lowest BCUT2D eigenvalue weighted by atomic mass is 10.2. The van der Waals surface area contributed by atoms with Crippen molar-refractivity contribution in [1.29, 1.82) is 0 Å². The Labute approximate surface area is 163 Å². The van der Waals surface area contributed by atoms with Gasteiger partial charge in [0.1, 0.15) is 5.75 Å². The quantitative estimate of drug-likeness (QED) is 0.397. The molecule has 1 aromatic rings. The van der Waals surface area contributed by atoms with Gasteiger partial charge in [-0.05, 0) is 44.5 Å². The number of halogens is 1. The lowest BCUT2D eigenvalue weighted by molar-refractivity contribution is 0.246. The molecule has 2 rings (SSSR count). The Bertz CT molecular complexity index is 516. The largest absolute Gasteiger partial charge is 0.497 e. The zero-order valence-electron chi connectivity index (χ0n) is 15.5. The van der Waals surface area contributed by atoms with Crippen LogP contribution in [0.2, 0.25) is 0 Å². The maximum atomic E-state index is 5.20. The van der Waals surface area contributed by atoms with Gasteiger partial charge in [0.25, 0.3) is 0 Å². The van der Waals surface area contributed by atoms with E-state index in [0.717, 1.165) is 30.8 Å². The summed E-state index contributed by atoms with van der Waals surface area (Å²) in [5.41, 5.74) is 1.24. The van der Waals surface area contributed by atoms with Crippen LogP contribution in [0.5, 0.6) is 5.75 Å². The van der Waals surface area contributed by atoms with Crippen LogP contribution >= 0.6 is 24.0 Å². The van der Waals surface area contributed by atoms with Crippen molar-refractivity contribution < 1.29 is 4.74 Å². The summed E-state index contributed by atoms with van der Waals surface area (Å²) in [7, 11) is 7.80. The van der Waals surface area contributed by atoms with Crippen molar-refractivity contribution in [2.24, 2.45) is 4.99 Å². The molecule has 1 aromatic carbocycles. The van der Waals surface area contributed by atoms with E-state index in [1.807, 2.05) is 19.2 Å². The van der Waals surface area contributed by atoms with Gasteiger partial charge in [-0.25, -0.2) is 0 Å². The SMILES string of the molecule is CN=C(NCC(C)N(C)C1CC1)N(C)Cc1ccc(OC)cc1.I. The monoisotopic (exact) mass is 446 g/mol. The van der Waals surface area contributed by atoms with Gasteiger partial charge in [-0.3, -0.25) is 9.89 Å². The second kappa shape index (κ2) is 10.1. The Balaban J connectivity index is 0.00000288. The van der Waals surface area contributed by atoms with Crippen LogP contribution in [0, 0.1) is 0 Å². The Morgan fingerprint density at radius 1 is 1.29 bits per heavy atom.